The summed E-state index contributed by atoms with van der Waals surface area (Å²) in [6.07, 6.45) is -1.70. The molecule has 3 N–H and O–H groups in total. The fourth-order valence-electron chi connectivity index (χ4n) is 6.76. The minimum Gasteiger partial charge on any atom is -0.505 e. The number of rotatable bonds is 5. The van der Waals surface area contributed by atoms with Crippen molar-refractivity contribution < 1.29 is 37.0 Å². The summed E-state index contributed by atoms with van der Waals surface area (Å²) in [5, 5.41) is 20.0. The third-order valence-electron chi connectivity index (χ3n) is 9.37. The number of benzene rings is 1. The molecule has 3 aromatic rings. The maximum absolute atomic E-state index is 15.9. The van der Waals surface area contributed by atoms with Crippen molar-refractivity contribution in [2.45, 2.75) is 56.4 Å². The molecule has 4 heterocycles. The number of aromatic amines is 1. The van der Waals surface area contributed by atoms with Crippen LogP contribution in [0.3, 0.4) is 0 Å². The summed E-state index contributed by atoms with van der Waals surface area (Å²) in [5.41, 5.74) is -2.02. The fourth-order valence-corrected chi connectivity index (χ4v) is 6.98. The second-order valence-electron chi connectivity index (χ2n) is 12.5. The number of carbonyl (C=O) groups excluding carboxylic acids is 2. The maximum Gasteiger partial charge on any atom is 0.416 e. The third kappa shape index (κ3) is 6.99. The van der Waals surface area contributed by atoms with E-state index in [1.807, 2.05) is 0 Å². The van der Waals surface area contributed by atoms with Crippen LogP contribution in [0.4, 0.5) is 23.2 Å². The van der Waals surface area contributed by atoms with Crippen molar-refractivity contribution in [1.82, 2.24) is 29.4 Å². The number of aryl methyl sites for hydroxylation is 1. The lowest BCUT2D eigenvalue weighted by Crippen LogP contribution is -2.50. The Labute approximate surface area is 288 Å². The highest BCUT2D eigenvalue weighted by molar-refractivity contribution is 6.33. The SMILES string of the molecule is Cn1[nH]c2c(c(=O)n(CC(=O)Nc3ccc(C(F)(F)F)cc3Cl)nc1C1=CCOCC1)C1(CCC2F)CCN(C(=O)c2ncccc2O)CC1. The predicted molar refractivity (Wildman–Crippen MR) is 174 cm³/mol. The van der Waals surface area contributed by atoms with Crippen molar-refractivity contribution in [3.8, 4) is 5.75 Å². The van der Waals surface area contributed by atoms with Gasteiger partial charge < -0.3 is 20.1 Å². The van der Waals surface area contributed by atoms with Crippen molar-refractivity contribution in [3.05, 3.63) is 86.3 Å². The molecule has 1 spiro atoms. The Kier molecular flexibility index (Phi) is 9.77. The molecule has 2 aromatic heterocycles. The van der Waals surface area contributed by atoms with Crippen molar-refractivity contribution >= 4 is 34.7 Å². The summed E-state index contributed by atoms with van der Waals surface area (Å²) in [7, 11) is 1.62. The van der Waals surface area contributed by atoms with E-state index in [4.69, 9.17) is 16.3 Å². The number of aromatic nitrogens is 5. The van der Waals surface area contributed by atoms with E-state index >= 15 is 4.39 Å². The van der Waals surface area contributed by atoms with Gasteiger partial charge in [-0.3, -0.25) is 24.2 Å². The molecule has 1 aliphatic carbocycles. The molecule has 12 nitrogen and oxygen atoms in total. The number of hydrogen-bond acceptors (Lipinski definition) is 7. The molecule has 1 aromatic carbocycles. The van der Waals surface area contributed by atoms with Crippen molar-refractivity contribution in [2.75, 3.05) is 31.6 Å². The van der Waals surface area contributed by atoms with Crippen molar-refractivity contribution in [3.63, 3.8) is 0 Å². The number of alkyl halides is 4. The van der Waals surface area contributed by atoms with Gasteiger partial charge in [0.25, 0.3) is 11.5 Å². The molecule has 17 heteroatoms. The van der Waals surface area contributed by atoms with Gasteiger partial charge in [-0.1, -0.05) is 17.7 Å². The second-order valence-corrected chi connectivity index (χ2v) is 12.9. The first-order chi connectivity index (χ1) is 23.8. The van der Waals surface area contributed by atoms with Crippen LogP contribution in [0.25, 0.3) is 5.57 Å². The highest BCUT2D eigenvalue weighted by Gasteiger charge is 2.46. The lowest BCUT2D eigenvalue weighted by atomic mass is 9.66. The number of aromatic hydroxyl groups is 1. The molecule has 0 bridgehead atoms. The Morgan fingerprint density at radius 2 is 1.96 bits per heavy atom. The highest BCUT2D eigenvalue weighted by atomic mass is 35.5. The maximum atomic E-state index is 15.9. The van der Waals surface area contributed by atoms with Crippen molar-refractivity contribution in [1.29, 1.82) is 0 Å². The van der Waals surface area contributed by atoms with Crippen LogP contribution in [0.2, 0.25) is 5.02 Å². The minimum absolute atomic E-state index is 0.0298. The fraction of sp³-hybridized carbons (Fsp3) is 0.424. The molecule has 1 fully saturated rings. The van der Waals surface area contributed by atoms with Gasteiger partial charge in [0.05, 0.1) is 35.2 Å². The number of hydrogen-bond donors (Lipinski definition) is 3. The van der Waals surface area contributed by atoms with Gasteiger partial charge in [0.1, 0.15) is 18.5 Å². The molecular formula is C33H34ClF4N7O5. The van der Waals surface area contributed by atoms with E-state index in [2.05, 4.69) is 20.5 Å². The zero-order chi connectivity index (χ0) is 35.8. The normalized spacial score (nSPS) is 18.6. The number of ether oxygens (including phenoxy) is 1. The number of nitrogens with zero attached hydrogens (tertiary/aromatic N) is 5. The van der Waals surface area contributed by atoms with Crippen LogP contribution in [0.5, 0.6) is 5.75 Å². The van der Waals surface area contributed by atoms with Crippen LogP contribution in [-0.4, -0.2) is 72.7 Å². The Morgan fingerprint density at radius 1 is 1.20 bits per heavy atom. The molecule has 2 amide bonds. The Bertz CT molecular complexity index is 1960. The van der Waals surface area contributed by atoms with E-state index in [0.29, 0.717) is 24.7 Å². The average molecular weight is 720 g/mol. The van der Waals surface area contributed by atoms with Crippen LogP contribution in [0.1, 0.15) is 71.4 Å². The molecule has 50 heavy (non-hydrogen) atoms. The molecular weight excluding hydrogens is 686 g/mol. The number of carbonyl (C=O) groups is 2. The van der Waals surface area contributed by atoms with Gasteiger partial charge in [0.15, 0.2) is 11.5 Å². The van der Waals surface area contributed by atoms with E-state index in [-0.39, 0.29) is 84.6 Å². The van der Waals surface area contributed by atoms with Gasteiger partial charge in [-0.25, -0.2) is 14.1 Å². The quantitative estimate of drug-likeness (QED) is 0.306. The number of nitrogens with one attached hydrogen (secondary N) is 2. The summed E-state index contributed by atoms with van der Waals surface area (Å²) in [6.45, 7) is 0.329. The summed E-state index contributed by atoms with van der Waals surface area (Å²) >= 11 is 6.08. The number of H-pyrrole nitrogens is 1. The first-order valence-electron chi connectivity index (χ1n) is 15.9. The van der Waals surface area contributed by atoms with E-state index in [9.17, 15) is 32.7 Å². The highest BCUT2D eigenvalue weighted by Crippen LogP contribution is 2.47. The first kappa shape index (κ1) is 35.1. The largest absolute Gasteiger partial charge is 0.505 e. The number of fused-ring (bicyclic) bond motifs is 2. The minimum atomic E-state index is -4.65. The molecule has 3 aliphatic rings. The molecule has 1 saturated heterocycles. The van der Waals surface area contributed by atoms with Gasteiger partial charge in [0.2, 0.25) is 5.91 Å². The van der Waals surface area contributed by atoms with E-state index in [1.165, 1.54) is 27.9 Å². The summed E-state index contributed by atoms with van der Waals surface area (Å²) in [5.74, 6) is -1.30. The van der Waals surface area contributed by atoms with Crippen LogP contribution in [0.15, 0.2) is 47.4 Å². The number of anilines is 1. The molecule has 0 radical (unpaired) electrons. The van der Waals surface area contributed by atoms with Gasteiger partial charge in [-0.15, -0.1) is 5.10 Å². The third-order valence-corrected chi connectivity index (χ3v) is 9.68. The van der Waals surface area contributed by atoms with Gasteiger partial charge in [0, 0.05) is 37.3 Å². The van der Waals surface area contributed by atoms with Crippen LogP contribution < -0.4 is 10.9 Å². The van der Waals surface area contributed by atoms with Gasteiger partial charge in [-0.2, -0.15) is 13.2 Å². The van der Waals surface area contributed by atoms with Gasteiger partial charge in [-0.05, 0) is 68.0 Å². The Balaban J connectivity index is 1.41. The molecule has 6 rings (SSSR count). The lowest BCUT2D eigenvalue weighted by Gasteiger charge is -2.45. The molecule has 0 saturated carbocycles. The summed E-state index contributed by atoms with van der Waals surface area (Å²) in [6, 6.07) is 5.34. The van der Waals surface area contributed by atoms with E-state index in [1.54, 1.807) is 13.1 Å². The monoisotopic (exact) mass is 719 g/mol. The molecule has 1 atom stereocenters. The first-order valence-corrected chi connectivity index (χ1v) is 16.3. The zero-order valence-corrected chi connectivity index (χ0v) is 27.7. The Hall–Kier alpha value is -4.70. The summed E-state index contributed by atoms with van der Waals surface area (Å²) < 4.78 is 63.3. The van der Waals surface area contributed by atoms with Crippen LogP contribution in [0, 0.1) is 0 Å². The number of pyridine rings is 1. The van der Waals surface area contributed by atoms with Gasteiger partial charge >= 0.3 is 6.18 Å². The molecule has 2 aliphatic heterocycles. The lowest BCUT2D eigenvalue weighted by molar-refractivity contribution is -0.137. The second kappa shape index (κ2) is 13.9. The number of halogens is 5. The standard InChI is InChI=1S/C33H34ClF4N7O5/c1-43-29(19-7-15-50-16-8-19)42-45(18-25(47)40-23-5-4-20(17-21(23)34)33(36,37)38)30(48)26-27(41-43)22(35)6-9-32(26)10-13-44(14-11-32)31(49)28-24(46)3-2-12-39-28/h2-5,7,12,17,22,41,46H,6,8-11,13-16,18H2,1H3,(H,40,47). The van der Waals surface area contributed by atoms with E-state index < -0.39 is 47.2 Å². The topological polar surface area (TPSA) is 147 Å². The summed E-state index contributed by atoms with van der Waals surface area (Å²) in [4.78, 5) is 46.8. The van der Waals surface area contributed by atoms with E-state index in [0.717, 1.165) is 16.8 Å². The van der Waals surface area contributed by atoms with Crippen LogP contribution >= 0.6 is 11.6 Å². The Morgan fingerprint density at radius 3 is 2.62 bits per heavy atom. The molecule has 1 unspecified atom stereocenters. The number of likely N-dealkylation sites (tertiary alicyclic amines) is 1. The molecule has 266 valence electrons. The zero-order valence-electron chi connectivity index (χ0n) is 26.9. The predicted octanol–water partition coefficient (Wildman–Crippen LogP) is 5.23. The average Bonchev–Trinajstić information content (AvgIpc) is 3.08. The number of piperidine rings is 1. The van der Waals surface area contributed by atoms with Crippen molar-refractivity contribution in [2.24, 2.45) is 7.05 Å². The number of amides is 2. The van der Waals surface area contributed by atoms with Crippen LogP contribution in [-0.2, 0) is 34.7 Å². The smallest absolute Gasteiger partial charge is 0.416 e.